The molecule has 0 radical (unpaired) electrons. The lowest BCUT2D eigenvalue weighted by molar-refractivity contribution is 0.589. The van der Waals surface area contributed by atoms with Crippen molar-refractivity contribution < 1.29 is 0 Å². The molecule has 0 heterocycles. The third kappa shape index (κ3) is 6.16. The van der Waals surface area contributed by atoms with Gasteiger partial charge in [0.1, 0.15) is 0 Å². The number of halogens is 1. The van der Waals surface area contributed by atoms with Crippen LogP contribution in [0.25, 0.3) is 11.1 Å². The van der Waals surface area contributed by atoms with Gasteiger partial charge in [-0.15, -0.1) is 0 Å². The van der Waals surface area contributed by atoms with Crippen LogP contribution in [0.2, 0.25) is 5.02 Å². The highest BCUT2D eigenvalue weighted by Crippen LogP contribution is 2.44. The Kier molecular flexibility index (Phi) is 7.56. The second kappa shape index (κ2) is 10.3. The fraction of sp³-hybridized carbons (Fsp3) is 0.333. The van der Waals surface area contributed by atoms with Crippen molar-refractivity contribution >= 4 is 28.7 Å². The van der Waals surface area contributed by atoms with Gasteiger partial charge in [0.05, 0.1) is 5.69 Å². The van der Waals surface area contributed by atoms with Gasteiger partial charge in [-0.1, -0.05) is 122 Å². The average molecular weight is 524 g/mol. The number of benzene rings is 4. The average Bonchev–Trinajstić information content (AvgIpc) is 2.83. The minimum Gasteiger partial charge on any atom is -0.310 e. The lowest BCUT2D eigenvalue weighted by Gasteiger charge is -2.31. The minimum absolute atomic E-state index is 0.0280. The second-order valence-electron chi connectivity index (χ2n) is 13.4. The summed E-state index contributed by atoms with van der Waals surface area (Å²) in [7, 11) is 0. The monoisotopic (exact) mass is 523 g/mol. The molecule has 0 amide bonds. The molecule has 0 unspecified atom stereocenters. The van der Waals surface area contributed by atoms with E-state index in [0.717, 1.165) is 22.1 Å². The van der Waals surface area contributed by atoms with E-state index in [-0.39, 0.29) is 16.2 Å². The van der Waals surface area contributed by atoms with Gasteiger partial charge < -0.3 is 4.90 Å². The fourth-order valence-corrected chi connectivity index (χ4v) is 4.95. The zero-order valence-electron chi connectivity index (χ0n) is 24.5. The highest BCUT2D eigenvalue weighted by atomic mass is 35.5. The molecule has 0 aliphatic rings. The van der Waals surface area contributed by atoms with Gasteiger partial charge in [-0.05, 0) is 81.0 Å². The molecule has 4 aromatic rings. The van der Waals surface area contributed by atoms with Crippen LogP contribution < -0.4 is 4.90 Å². The van der Waals surface area contributed by atoms with Gasteiger partial charge in [-0.25, -0.2) is 0 Å². The van der Waals surface area contributed by atoms with E-state index in [4.69, 9.17) is 11.6 Å². The molecular formula is C36H42ClN. The van der Waals surface area contributed by atoms with Gasteiger partial charge in [-0.2, -0.15) is 0 Å². The van der Waals surface area contributed by atoms with Gasteiger partial charge >= 0.3 is 0 Å². The first kappa shape index (κ1) is 28.0. The minimum atomic E-state index is -0.0280. The molecule has 198 valence electrons. The molecule has 0 N–H and O–H groups in total. The molecule has 0 saturated carbocycles. The first-order valence-corrected chi connectivity index (χ1v) is 13.9. The Morgan fingerprint density at radius 2 is 1.05 bits per heavy atom. The van der Waals surface area contributed by atoms with Gasteiger partial charge in [-0.3, -0.25) is 0 Å². The normalized spacial score (nSPS) is 12.5. The Morgan fingerprint density at radius 1 is 0.500 bits per heavy atom. The summed E-state index contributed by atoms with van der Waals surface area (Å²) in [4.78, 5) is 2.36. The summed E-state index contributed by atoms with van der Waals surface area (Å²) in [6.07, 6.45) is 0. The Morgan fingerprint density at radius 3 is 1.61 bits per heavy atom. The first-order chi connectivity index (χ1) is 17.6. The van der Waals surface area contributed by atoms with E-state index in [2.05, 4.69) is 158 Å². The number of anilines is 3. The predicted molar refractivity (Wildman–Crippen MR) is 168 cm³/mol. The molecule has 4 rings (SSSR count). The van der Waals surface area contributed by atoms with Crippen LogP contribution in [0, 0.1) is 0 Å². The predicted octanol–water partition coefficient (Wildman–Crippen LogP) is 11.4. The molecule has 0 atom stereocenters. The zero-order chi connectivity index (χ0) is 27.9. The molecule has 0 bridgehead atoms. The van der Waals surface area contributed by atoms with Gasteiger partial charge in [0, 0.05) is 22.0 Å². The lowest BCUT2D eigenvalue weighted by Crippen LogP contribution is -2.17. The van der Waals surface area contributed by atoms with Crippen molar-refractivity contribution in [2.75, 3.05) is 4.90 Å². The van der Waals surface area contributed by atoms with E-state index < -0.39 is 0 Å². The molecule has 0 saturated heterocycles. The fourth-order valence-electron chi connectivity index (χ4n) is 4.72. The van der Waals surface area contributed by atoms with E-state index in [0.29, 0.717) is 0 Å². The van der Waals surface area contributed by atoms with Crippen molar-refractivity contribution in [1.82, 2.24) is 0 Å². The highest BCUT2D eigenvalue weighted by Gasteiger charge is 2.24. The molecular weight excluding hydrogens is 482 g/mol. The summed E-state index contributed by atoms with van der Waals surface area (Å²) >= 11 is 6.78. The second-order valence-corrected chi connectivity index (χ2v) is 13.9. The van der Waals surface area contributed by atoms with E-state index in [1.165, 1.54) is 27.8 Å². The van der Waals surface area contributed by atoms with Crippen LogP contribution in [-0.4, -0.2) is 0 Å². The van der Waals surface area contributed by atoms with Crippen molar-refractivity contribution in [3.05, 3.63) is 113 Å². The van der Waals surface area contributed by atoms with Crippen LogP contribution >= 0.6 is 11.6 Å². The maximum absolute atomic E-state index is 6.78. The van der Waals surface area contributed by atoms with Crippen molar-refractivity contribution in [2.24, 2.45) is 0 Å². The SMILES string of the molecule is CC(C)(C)c1ccc(N(c2cc(Cl)cc(C(C)(C)C)c2)c2ccc(C(C)(C)C)cc2-c2ccccc2)cc1. The van der Waals surface area contributed by atoms with Crippen molar-refractivity contribution in [2.45, 2.75) is 78.6 Å². The molecule has 0 fully saturated rings. The Bertz CT molecular complexity index is 1400. The quantitative estimate of drug-likeness (QED) is 0.257. The molecule has 2 heteroatoms. The number of hydrogen-bond donors (Lipinski definition) is 0. The lowest BCUT2D eigenvalue weighted by atomic mass is 9.84. The van der Waals surface area contributed by atoms with Crippen LogP contribution in [-0.2, 0) is 16.2 Å². The van der Waals surface area contributed by atoms with E-state index in [1.54, 1.807) is 0 Å². The van der Waals surface area contributed by atoms with E-state index in [9.17, 15) is 0 Å². The molecule has 4 aromatic carbocycles. The third-order valence-corrected chi connectivity index (χ3v) is 7.40. The van der Waals surface area contributed by atoms with Crippen molar-refractivity contribution in [3.8, 4) is 11.1 Å². The summed E-state index contributed by atoms with van der Waals surface area (Å²) in [6, 6.07) is 33.1. The van der Waals surface area contributed by atoms with Crippen LogP contribution in [0.5, 0.6) is 0 Å². The summed E-state index contributed by atoms with van der Waals surface area (Å²) in [5.74, 6) is 0. The number of nitrogens with zero attached hydrogens (tertiary/aromatic N) is 1. The summed E-state index contributed by atoms with van der Waals surface area (Å²) in [5.41, 5.74) is 9.64. The Labute approximate surface area is 235 Å². The number of hydrogen-bond acceptors (Lipinski definition) is 1. The summed E-state index contributed by atoms with van der Waals surface area (Å²) < 4.78 is 0. The standard InChI is InChI=1S/C36H42ClN/c1-34(2,3)26-15-18-30(19-16-26)38(31-22-28(36(7,8)9)21-29(37)24-31)33-20-17-27(35(4,5)6)23-32(33)25-13-11-10-12-14-25/h10-24H,1-9H3. The van der Waals surface area contributed by atoms with Gasteiger partial charge in [0.15, 0.2) is 0 Å². The van der Waals surface area contributed by atoms with Gasteiger partial charge in [0.2, 0.25) is 0 Å². The zero-order valence-corrected chi connectivity index (χ0v) is 25.2. The van der Waals surface area contributed by atoms with Crippen LogP contribution in [0.3, 0.4) is 0 Å². The molecule has 0 aliphatic heterocycles. The Hall–Kier alpha value is -3.03. The van der Waals surface area contributed by atoms with Crippen LogP contribution in [0.4, 0.5) is 17.1 Å². The van der Waals surface area contributed by atoms with Crippen molar-refractivity contribution in [1.29, 1.82) is 0 Å². The largest absolute Gasteiger partial charge is 0.310 e. The van der Waals surface area contributed by atoms with E-state index >= 15 is 0 Å². The first-order valence-electron chi connectivity index (χ1n) is 13.6. The van der Waals surface area contributed by atoms with Crippen LogP contribution in [0.15, 0.2) is 91.0 Å². The molecule has 0 aliphatic carbocycles. The maximum atomic E-state index is 6.78. The smallest absolute Gasteiger partial charge is 0.0540 e. The summed E-state index contributed by atoms with van der Waals surface area (Å²) in [5, 5.41) is 0.747. The molecule has 38 heavy (non-hydrogen) atoms. The van der Waals surface area contributed by atoms with E-state index in [1.807, 2.05) is 0 Å². The molecule has 0 spiro atoms. The molecule has 1 nitrogen and oxygen atoms in total. The summed E-state index contributed by atoms with van der Waals surface area (Å²) in [6.45, 7) is 20.3. The van der Waals surface area contributed by atoms with Crippen LogP contribution in [0.1, 0.15) is 79.0 Å². The molecule has 0 aromatic heterocycles. The third-order valence-electron chi connectivity index (χ3n) is 7.19. The van der Waals surface area contributed by atoms with Crippen molar-refractivity contribution in [3.63, 3.8) is 0 Å². The Balaban J connectivity index is 2.03. The van der Waals surface area contributed by atoms with Gasteiger partial charge in [0.25, 0.3) is 0 Å². The highest BCUT2D eigenvalue weighted by molar-refractivity contribution is 6.31. The topological polar surface area (TPSA) is 3.24 Å². The maximum Gasteiger partial charge on any atom is 0.0540 e. The number of rotatable bonds is 4.